The number of ether oxygens (including phenoxy) is 1. The zero-order chi connectivity index (χ0) is 21.9. The topological polar surface area (TPSA) is 66.0 Å². The van der Waals surface area contributed by atoms with Crippen molar-refractivity contribution in [2.45, 2.75) is 46.2 Å². The minimum absolute atomic E-state index is 0.0427. The third kappa shape index (κ3) is 4.48. The van der Waals surface area contributed by atoms with Gasteiger partial charge in [0.15, 0.2) is 0 Å². The highest BCUT2D eigenvalue weighted by molar-refractivity contribution is 5.92. The van der Waals surface area contributed by atoms with E-state index >= 15 is 0 Å². The molecular formula is C24H30N4O2. The Bertz CT molecular complexity index is 992. The molecule has 30 heavy (non-hydrogen) atoms. The number of fused-ring (bicyclic) bond motifs is 1. The first kappa shape index (κ1) is 21.4. The molecule has 1 heterocycles. The lowest BCUT2D eigenvalue weighted by Crippen LogP contribution is -2.49. The molecule has 2 aromatic rings. The van der Waals surface area contributed by atoms with Crippen LogP contribution in [-0.4, -0.2) is 30.9 Å². The normalized spacial score (nSPS) is 15.0. The molecule has 1 aliphatic rings. The summed E-state index contributed by atoms with van der Waals surface area (Å²) in [6.07, 6.45) is 3.95. The van der Waals surface area contributed by atoms with Gasteiger partial charge in [-0.05, 0) is 70.0 Å². The fraction of sp³-hybridized carbons (Fsp3) is 0.333. The molecule has 0 aromatic heterocycles. The summed E-state index contributed by atoms with van der Waals surface area (Å²) in [5.74, 6) is 0.589. The number of allylic oxidation sites excluding steroid dienone is 1. The monoisotopic (exact) mass is 406 g/mol. The Balaban J connectivity index is 1.73. The van der Waals surface area contributed by atoms with E-state index in [4.69, 9.17) is 4.74 Å². The Hall–Kier alpha value is -3.28. The Kier molecular flexibility index (Phi) is 6.15. The smallest absolute Gasteiger partial charge is 0.339 e. The van der Waals surface area contributed by atoms with Crippen molar-refractivity contribution >= 4 is 29.2 Å². The summed E-state index contributed by atoms with van der Waals surface area (Å²) < 4.78 is 5.23. The number of rotatable bonds is 5. The van der Waals surface area contributed by atoms with Gasteiger partial charge < -0.3 is 15.0 Å². The third-order valence-electron chi connectivity index (χ3n) is 5.15. The molecule has 2 amide bonds. The second kappa shape index (κ2) is 8.61. The minimum Gasteiger partial charge on any atom is -0.495 e. The van der Waals surface area contributed by atoms with Crippen molar-refractivity contribution < 1.29 is 9.53 Å². The highest BCUT2D eigenvalue weighted by Crippen LogP contribution is 2.40. The molecule has 6 nitrogen and oxygen atoms in total. The van der Waals surface area contributed by atoms with E-state index in [0.717, 1.165) is 5.56 Å². The van der Waals surface area contributed by atoms with Gasteiger partial charge in [0, 0.05) is 17.3 Å². The molecule has 0 radical (unpaired) electrons. The lowest BCUT2D eigenvalue weighted by atomic mass is 9.87. The van der Waals surface area contributed by atoms with E-state index in [2.05, 4.69) is 73.6 Å². The number of urea groups is 1. The zero-order valence-electron chi connectivity index (χ0n) is 18.5. The number of hydrogen-bond acceptors (Lipinski definition) is 4. The van der Waals surface area contributed by atoms with E-state index in [1.807, 2.05) is 18.2 Å². The first-order valence-electron chi connectivity index (χ1n) is 10.1. The average molecular weight is 407 g/mol. The van der Waals surface area contributed by atoms with Crippen molar-refractivity contribution in [1.82, 2.24) is 5.43 Å². The van der Waals surface area contributed by atoms with Crippen molar-refractivity contribution in [2.75, 3.05) is 17.3 Å². The summed E-state index contributed by atoms with van der Waals surface area (Å²) in [4.78, 5) is 14.6. The van der Waals surface area contributed by atoms with Crippen LogP contribution in [0.5, 0.6) is 5.75 Å². The lowest BCUT2D eigenvalue weighted by molar-refractivity contribution is 0.252. The molecule has 0 aliphatic carbocycles. The molecule has 0 unspecified atom stereocenters. The molecule has 0 spiro atoms. The number of para-hydroxylation sites is 2. The van der Waals surface area contributed by atoms with Crippen molar-refractivity contribution in [3.8, 4) is 5.75 Å². The van der Waals surface area contributed by atoms with E-state index in [-0.39, 0.29) is 5.54 Å². The predicted molar refractivity (Wildman–Crippen MR) is 125 cm³/mol. The van der Waals surface area contributed by atoms with Crippen LogP contribution in [0.1, 0.15) is 45.7 Å². The van der Waals surface area contributed by atoms with Gasteiger partial charge in [-0.3, -0.25) is 0 Å². The second-order valence-corrected chi connectivity index (χ2v) is 8.25. The van der Waals surface area contributed by atoms with Gasteiger partial charge in [-0.25, -0.2) is 10.2 Å². The van der Waals surface area contributed by atoms with Crippen molar-refractivity contribution in [3.63, 3.8) is 0 Å². The largest absolute Gasteiger partial charge is 0.495 e. The second-order valence-electron chi connectivity index (χ2n) is 8.25. The van der Waals surface area contributed by atoms with Crippen LogP contribution in [0.2, 0.25) is 0 Å². The zero-order valence-corrected chi connectivity index (χ0v) is 18.5. The fourth-order valence-electron chi connectivity index (χ4n) is 4.15. The first-order chi connectivity index (χ1) is 14.2. The van der Waals surface area contributed by atoms with Crippen molar-refractivity contribution in [2.24, 2.45) is 5.10 Å². The Morgan fingerprint density at radius 2 is 1.93 bits per heavy atom. The molecular weight excluding hydrogens is 376 g/mol. The molecule has 3 rings (SSSR count). The van der Waals surface area contributed by atoms with Gasteiger partial charge in [-0.2, -0.15) is 5.10 Å². The summed E-state index contributed by atoms with van der Waals surface area (Å²) in [6.45, 7) is 11.0. The lowest BCUT2D eigenvalue weighted by Gasteiger charge is -2.46. The predicted octanol–water partition coefficient (Wildman–Crippen LogP) is 5.26. The SMILES string of the molecule is COc1ccccc1NC(=O)N/N=C\c1ccc2c(c1)C(C)=CC(C)(C)N2C(C)C. The van der Waals surface area contributed by atoms with Crippen LogP contribution in [0, 0.1) is 0 Å². The maximum absolute atomic E-state index is 12.1. The van der Waals surface area contributed by atoms with Crippen LogP contribution >= 0.6 is 0 Å². The van der Waals surface area contributed by atoms with Crippen LogP contribution in [-0.2, 0) is 0 Å². The number of amides is 2. The van der Waals surface area contributed by atoms with Gasteiger partial charge in [-0.1, -0.05) is 24.3 Å². The number of hydrogen-bond donors (Lipinski definition) is 2. The van der Waals surface area contributed by atoms with E-state index in [9.17, 15) is 4.79 Å². The third-order valence-corrected chi connectivity index (χ3v) is 5.15. The molecule has 2 aromatic carbocycles. The van der Waals surface area contributed by atoms with E-state index < -0.39 is 6.03 Å². The number of carbonyl (C=O) groups excluding carboxylic acids is 1. The molecule has 6 heteroatoms. The highest BCUT2D eigenvalue weighted by atomic mass is 16.5. The number of nitrogens with zero attached hydrogens (tertiary/aromatic N) is 2. The number of methoxy groups -OCH3 is 1. The molecule has 0 bridgehead atoms. The van der Waals surface area contributed by atoms with Gasteiger partial charge in [0.2, 0.25) is 0 Å². The van der Waals surface area contributed by atoms with Crippen LogP contribution in [0.15, 0.2) is 53.6 Å². The van der Waals surface area contributed by atoms with E-state index in [1.54, 1.807) is 25.5 Å². The molecule has 0 saturated carbocycles. The first-order valence-corrected chi connectivity index (χ1v) is 10.1. The van der Waals surface area contributed by atoms with E-state index in [0.29, 0.717) is 17.5 Å². The van der Waals surface area contributed by atoms with Crippen molar-refractivity contribution in [3.05, 3.63) is 59.7 Å². The summed E-state index contributed by atoms with van der Waals surface area (Å²) in [6, 6.07) is 13.4. The minimum atomic E-state index is -0.433. The molecule has 1 aliphatic heterocycles. The van der Waals surface area contributed by atoms with Gasteiger partial charge in [0.05, 0.1) is 24.6 Å². The number of benzene rings is 2. The number of carbonyl (C=O) groups is 1. The number of nitrogens with one attached hydrogen (secondary N) is 2. The molecule has 0 atom stereocenters. The summed E-state index contributed by atoms with van der Waals surface area (Å²) >= 11 is 0. The quantitative estimate of drug-likeness (QED) is 0.526. The van der Waals surface area contributed by atoms with Crippen molar-refractivity contribution in [1.29, 1.82) is 0 Å². The number of hydrazone groups is 1. The Labute approximate surface area is 178 Å². The van der Waals surface area contributed by atoms with Crippen LogP contribution in [0.3, 0.4) is 0 Å². The molecule has 158 valence electrons. The van der Waals surface area contributed by atoms with E-state index in [1.165, 1.54) is 16.8 Å². The highest BCUT2D eigenvalue weighted by Gasteiger charge is 2.32. The maximum atomic E-state index is 12.1. The van der Waals surface area contributed by atoms with Crippen LogP contribution < -0.4 is 20.4 Å². The van der Waals surface area contributed by atoms with Gasteiger partial charge in [-0.15, -0.1) is 0 Å². The molecule has 0 fully saturated rings. The van der Waals surface area contributed by atoms with Gasteiger partial charge in [0.1, 0.15) is 5.75 Å². The van der Waals surface area contributed by atoms with Gasteiger partial charge in [0.25, 0.3) is 0 Å². The average Bonchev–Trinajstić information content (AvgIpc) is 2.67. The maximum Gasteiger partial charge on any atom is 0.339 e. The summed E-state index contributed by atoms with van der Waals surface area (Å²) in [7, 11) is 1.56. The Morgan fingerprint density at radius 3 is 2.63 bits per heavy atom. The fourth-order valence-corrected chi connectivity index (χ4v) is 4.15. The summed E-state index contributed by atoms with van der Waals surface area (Å²) in [5, 5.41) is 6.82. The standard InChI is InChI=1S/C24H30N4O2/c1-16(2)28-21-12-11-18(13-19(21)17(3)14-24(28,4)5)15-25-27-23(29)26-20-9-7-8-10-22(20)30-6/h7-16H,1-6H3,(H2,26,27,29)/b25-15-. The van der Waals surface area contributed by atoms with Gasteiger partial charge >= 0.3 is 6.03 Å². The summed E-state index contributed by atoms with van der Waals surface area (Å²) in [5.41, 5.74) is 7.60. The molecule has 2 N–H and O–H groups in total. The van der Waals surface area contributed by atoms with Crippen LogP contribution in [0.25, 0.3) is 5.57 Å². The Morgan fingerprint density at radius 1 is 1.20 bits per heavy atom. The number of anilines is 2. The molecule has 0 saturated heterocycles. The van der Waals surface area contributed by atoms with Crippen LogP contribution in [0.4, 0.5) is 16.2 Å².